The van der Waals surface area contributed by atoms with E-state index in [1.807, 2.05) is 6.07 Å². The second-order valence-corrected chi connectivity index (χ2v) is 4.23. The molecular weight excluding hydrogens is 162 g/mol. The average Bonchev–Trinajstić information content (AvgIpc) is 2.03. The number of rotatable bonds is 3. The first-order valence-corrected chi connectivity index (χ1v) is 4.72. The summed E-state index contributed by atoms with van der Waals surface area (Å²) in [4.78, 5) is 13.9. The van der Waals surface area contributed by atoms with E-state index < -0.39 is 0 Å². The quantitative estimate of drug-likeness (QED) is 0.759. The van der Waals surface area contributed by atoms with E-state index in [9.17, 15) is 4.79 Å². The predicted molar refractivity (Wildman–Crippen MR) is 54.8 cm³/mol. The van der Waals surface area contributed by atoms with Crippen LogP contribution in [0.4, 0.5) is 0 Å². The smallest absolute Gasteiger partial charge is 0.248 e. The lowest BCUT2D eigenvalue weighted by Crippen LogP contribution is -2.17. The van der Waals surface area contributed by atoms with Crippen LogP contribution in [-0.2, 0) is 6.42 Å². The van der Waals surface area contributed by atoms with Crippen LogP contribution in [0.5, 0.6) is 0 Å². The second-order valence-electron chi connectivity index (χ2n) is 4.23. The zero-order valence-electron chi connectivity index (χ0n) is 8.55. The van der Waals surface area contributed by atoms with Crippen molar-refractivity contribution in [3.8, 4) is 0 Å². The zero-order chi connectivity index (χ0) is 9.90. The van der Waals surface area contributed by atoms with Gasteiger partial charge >= 0.3 is 0 Å². The Balaban J connectivity index is 2.80. The third-order valence-corrected chi connectivity index (χ3v) is 2.45. The summed E-state index contributed by atoms with van der Waals surface area (Å²) in [6.45, 7) is 6.58. The van der Waals surface area contributed by atoms with Crippen molar-refractivity contribution in [3.63, 3.8) is 0 Å². The molecule has 1 aromatic rings. The van der Waals surface area contributed by atoms with Crippen LogP contribution in [0.15, 0.2) is 23.0 Å². The Hall–Kier alpha value is -1.05. The van der Waals surface area contributed by atoms with Gasteiger partial charge in [0.25, 0.3) is 0 Å². The molecule has 0 spiro atoms. The Morgan fingerprint density at radius 3 is 2.62 bits per heavy atom. The highest BCUT2D eigenvalue weighted by Gasteiger charge is 2.15. The Morgan fingerprint density at radius 1 is 1.38 bits per heavy atom. The molecule has 1 N–H and O–H groups in total. The fourth-order valence-electron chi connectivity index (χ4n) is 1.24. The number of hydrogen-bond donors (Lipinski definition) is 1. The van der Waals surface area contributed by atoms with Crippen LogP contribution in [0, 0.1) is 5.41 Å². The summed E-state index contributed by atoms with van der Waals surface area (Å²) in [5.41, 5.74) is 1.29. The van der Waals surface area contributed by atoms with Gasteiger partial charge in [-0.2, -0.15) is 0 Å². The SMILES string of the molecule is CCC(C)(C)Cc1cccc(=O)[nH]1. The first-order valence-electron chi connectivity index (χ1n) is 4.72. The molecule has 0 aromatic carbocycles. The molecule has 72 valence electrons. The van der Waals surface area contributed by atoms with Gasteiger partial charge in [0, 0.05) is 11.8 Å². The van der Waals surface area contributed by atoms with Crippen LogP contribution < -0.4 is 5.56 Å². The second kappa shape index (κ2) is 3.77. The third-order valence-electron chi connectivity index (χ3n) is 2.45. The van der Waals surface area contributed by atoms with Gasteiger partial charge < -0.3 is 4.98 Å². The Morgan fingerprint density at radius 2 is 2.08 bits per heavy atom. The minimum Gasteiger partial charge on any atom is -0.326 e. The molecule has 1 aromatic heterocycles. The molecule has 0 unspecified atom stereocenters. The summed E-state index contributed by atoms with van der Waals surface area (Å²) >= 11 is 0. The molecule has 0 atom stereocenters. The molecule has 0 saturated heterocycles. The van der Waals surface area contributed by atoms with Gasteiger partial charge in [0.1, 0.15) is 0 Å². The van der Waals surface area contributed by atoms with Crippen molar-refractivity contribution in [1.82, 2.24) is 4.98 Å². The van der Waals surface area contributed by atoms with E-state index in [4.69, 9.17) is 0 Å². The number of aromatic amines is 1. The van der Waals surface area contributed by atoms with Gasteiger partial charge in [-0.3, -0.25) is 4.79 Å². The summed E-state index contributed by atoms with van der Waals surface area (Å²) in [6.07, 6.45) is 2.05. The van der Waals surface area contributed by atoms with Crippen molar-refractivity contribution < 1.29 is 0 Å². The molecule has 2 nitrogen and oxygen atoms in total. The first-order chi connectivity index (χ1) is 6.03. The minimum absolute atomic E-state index is 0.00981. The van der Waals surface area contributed by atoms with Gasteiger partial charge in [-0.25, -0.2) is 0 Å². The van der Waals surface area contributed by atoms with E-state index in [1.165, 1.54) is 0 Å². The molecule has 0 saturated carbocycles. The van der Waals surface area contributed by atoms with E-state index in [-0.39, 0.29) is 11.0 Å². The lowest BCUT2D eigenvalue weighted by molar-refractivity contribution is 0.345. The predicted octanol–water partition coefficient (Wildman–Crippen LogP) is 2.35. The molecule has 1 heterocycles. The van der Waals surface area contributed by atoms with Gasteiger partial charge in [0.2, 0.25) is 5.56 Å². The molecule has 2 heteroatoms. The van der Waals surface area contributed by atoms with Crippen molar-refractivity contribution in [1.29, 1.82) is 0 Å². The van der Waals surface area contributed by atoms with Crippen LogP contribution in [0.2, 0.25) is 0 Å². The molecule has 0 aliphatic carbocycles. The molecule has 0 amide bonds. The highest BCUT2D eigenvalue weighted by molar-refractivity contribution is 5.05. The Labute approximate surface area is 79.0 Å². The van der Waals surface area contributed by atoms with Gasteiger partial charge in [0.05, 0.1) is 0 Å². The summed E-state index contributed by atoms with van der Waals surface area (Å²) in [6, 6.07) is 5.32. The highest BCUT2D eigenvalue weighted by atomic mass is 16.1. The van der Waals surface area contributed by atoms with Crippen molar-refractivity contribution in [2.24, 2.45) is 5.41 Å². The highest BCUT2D eigenvalue weighted by Crippen LogP contribution is 2.23. The van der Waals surface area contributed by atoms with Crippen LogP contribution in [0.1, 0.15) is 32.9 Å². The van der Waals surface area contributed by atoms with Crippen LogP contribution in [0.25, 0.3) is 0 Å². The molecule has 0 radical (unpaired) electrons. The van der Waals surface area contributed by atoms with Crippen molar-refractivity contribution in [2.75, 3.05) is 0 Å². The van der Waals surface area contributed by atoms with E-state index in [0.29, 0.717) is 0 Å². The van der Waals surface area contributed by atoms with Crippen molar-refractivity contribution in [3.05, 3.63) is 34.2 Å². The lowest BCUT2D eigenvalue weighted by atomic mass is 9.85. The van der Waals surface area contributed by atoms with Crippen LogP contribution in [-0.4, -0.2) is 4.98 Å². The maximum absolute atomic E-state index is 11.0. The number of aromatic nitrogens is 1. The van der Waals surface area contributed by atoms with Gasteiger partial charge in [-0.15, -0.1) is 0 Å². The molecular formula is C11H17NO. The molecule has 0 fully saturated rings. The molecule has 1 rings (SSSR count). The minimum atomic E-state index is -0.00981. The van der Waals surface area contributed by atoms with E-state index in [2.05, 4.69) is 25.8 Å². The summed E-state index contributed by atoms with van der Waals surface area (Å²) in [5, 5.41) is 0. The largest absolute Gasteiger partial charge is 0.326 e. The average molecular weight is 179 g/mol. The summed E-state index contributed by atoms with van der Waals surface area (Å²) in [7, 11) is 0. The Kier molecular flexibility index (Phi) is 2.91. The van der Waals surface area contributed by atoms with E-state index in [1.54, 1.807) is 12.1 Å². The fraction of sp³-hybridized carbons (Fsp3) is 0.545. The maximum atomic E-state index is 11.0. The molecule has 0 bridgehead atoms. The summed E-state index contributed by atoms with van der Waals surface area (Å²) in [5.74, 6) is 0. The molecule has 0 aliphatic heterocycles. The maximum Gasteiger partial charge on any atom is 0.248 e. The zero-order valence-corrected chi connectivity index (χ0v) is 8.55. The normalized spacial score (nSPS) is 11.6. The van der Waals surface area contributed by atoms with Gasteiger partial charge in [-0.05, 0) is 17.9 Å². The standard InChI is InChI=1S/C11H17NO/c1-4-11(2,3)8-9-6-5-7-10(13)12-9/h5-7H,4,8H2,1-3H3,(H,12,13). The number of H-pyrrole nitrogens is 1. The van der Waals surface area contributed by atoms with Crippen molar-refractivity contribution >= 4 is 0 Å². The van der Waals surface area contributed by atoms with Gasteiger partial charge in [0.15, 0.2) is 0 Å². The first kappa shape index (κ1) is 10.0. The molecule has 13 heavy (non-hydrogen) atoms. The molecule has 0 aliphatic rings. The van der Waals surface area contributed by atoms with Gasteiger partial charge in [-0.1, -0.05) is 33.3 Å². The van der Waals surface area contributed by atoms with E-state index in [0.717, 1.165) is 18.5 Å². The van der Waals surface area contributed by atoms with Crippen LogP contribution >= 0.6 is 0 Å². The third kappa shape index (κ3) is 3.05. The fourth-order valence-corrected chi connectivity index (χ4v) is 1.24. The number of hydrogen-bond acceptors (Lipinski definition) is 1. The number of pyridine rings is 1. The monoisotopic (exact) mass is 179 g/mol. The van der Waals surface area contributed by atoms with Crippen molar-refractivity contribution in [2.45, 2.75) is 33.6 Å². The summed E-state index contributed by atoms with van der Waals surface area (Å²) < 4.78 is 0. The number of nitrogens with one attached hydrogen (secondary N) is 1. The lowest BCUT2D eigenvalue weighted by Gasteiger charge is -2.21. The topological polar surface area (TPSA) is 32.9 Å². The van der Waals surface area contributed by atoms with E-state index >= 15 is 0 Å². The van der Waals surface area contributed by atoms with Crippen LogP contribution in [0.3, 0.4) is 0 Å². The Bertz CT molecular complexity index is 325.